The van der Waals surface area contributed by atoms with Crippen molar-refractivity contribution in [1.82, 2.24) is 10.2 Å². The molecule has 1 aliphatic rings. The van der Waals surface area contributed by atoms with Crippen molar-refractivity contribution in [1.29, 1.82) is 0 Å². The minimum absolute atomic E-state index is 0.222. The molecular formula is C9H13F3N2O3S. The summed E-state index contributed by atoms with van der Waals surface area (Å²) in [7, 11) is 0. The van der Waals surface area contributed by atoms with Gasteiger partial charge in [0, 0.05) is 24.6 Å². The fourth-order valence-corrected chi connectivity index (χ4v) is 2.50. The van der Waals surface area contributed by atoms with E-state index in [1.54, 1.807) is 0 Å². The summed E-state index contributed by atoms with van der Waals surface area (Å²) in [6.07, 6.45) is -5.46. The summed E-state index contributed by atoms with van der Waals surface area (Å²) in [5.41, 5.74) is 0. The Balaban J connectivity index is 2.46. The van der Waals surface area contributed by atoms with Crippen LogP contribution in [0.3, 0.4) is 0 Å². The summed E-state index contributed by atoms with van der Waals surface area (Å²) in [5.74, 6) is -0.313. The van der Waals surface area contributed by atoms with Crippen LogP contribution in [0.2, 0.25) is 0 Å². The molecule has 1 heterocycles. The van der Waals surface area contributed by atoms with Crippen LogP contribution in [0.5, 0.6) is 0 Å². The second-order valence-corrected chi connectivity index (χ2v) is 4.87. The number of carboxylic acids is 1. The van der Waals surface area contributed by atoms with E-state index in [0.717, 1.165) is 4.90 Å². The van der Waals surface area contributed by atoms with Gasteiger partial charge in [0.05, 0.1) is 6.42 Å². The molecule has 104 valence electrons. The number of halogens is 3. The van der Waals surface area contributed by atoms with Gasteiger partial charge in [0.1, 0.15) is 6.04 Å². The molecule has 0 aliphatic carbocycles. The maximum Gasteiger partial charge on any atom is 0.390 e. The van der Waals surface area contributed by atoms with Gasteiger partial charge in [-0.2, -0.15) is 24.9 Å². The lowest BCUT2D eigenvalue weighted by Crippen LogP contribution is -2.54. The molecule has 2 amide bonds. The third-order valence-electron chi connectivity index (χ3n) is 2.36. The maximum absolute atomic E-state index is 11.9. The van der Waals surface area contributed by atoms with Gasteiger partial charge in [-0.25, -0.2) is 9.59 Å². The van der Waals surface area contributed by atoms with Gasteiger partial charge in [0.15, 0.2) is 0 Å². The highest BCUT2D eigenvalue weighted by Crippen LogP contribution is 2.19. The molecule has 9 heteroatoms. The minimum atomic E-state index is -4.34. The summed E-state index contributed by atoms with van der Waals surface area (Å²) in [4.78, 5) is 23.5. The van der Waals surface area contributed by atoms with Crippen LogP contribution >= 0.6 is 11.8 Å². The highest BCUT2D eigenvalue weighted by atomic mass is 32.2. The predicted octanol–water partition coefficient (Wildman–Crippen LogP) is 1.15. The molecule has 0 aromatic heterocycles. The molecule has 0 aromatic rings. The Hall–Kier alpha value is -1.12. The first-order valence-electron chi connectivity index (χ1n) is 5.23. The van der Waals surface area contributed by atoms with Gasteiger partial charge in [-0.3, -0.25) is 0 Å². The number of nitrogens with one attached hydrogen (secondary N) is 1. The third kappa shape index (κ3) is 4.63. The second kappa shape index (κ2) is 6.17. The first kappa shape index (κ1) is 14.9. The first-order valence-corrected chi connectivity index (χ1v) is 6.38. The SMILES string of the molecule is O=C(O)C1CSCCN1C(=O)NCCC(F)(F)F. The Morgan fingerprint density at radius 1 is 1.44 bits per heavy atom. The van der Waals surface area contributed by atoms with Crippen LogP contribution in [0.25, 0.3) is 0 Å². The van der Waals surface area contributed by atoms with Gasteiger partial charge in [-0.1, -0.05) is 0 Å². The largest absolute Gasteiger partial charge is 0.480 e. The molecule has 1 fully saturated rings. The topological polar surface area (TPSA) is 69.6 Å². The van der Waals surface area contributed by atoms with Gasteiger partial charge in [0.25, 0.3) is 0 Å². The fraction of sp³-hybridized carbons (Fsp3) is 0.778. The van der Waals surface area contributed by atoms with Crippen molar-refractivity contribution in [2.45, 2.75) is 18.6 Å². The van der Waals surface area contributed by atoms with Crippen molar-refractivity contribution in [3.8, 4) is 0 Å². The van der Waals surface area contributed by atoms with E-state index in [0.29, 0.717) is 5.75 Å². The number of carbonyl (C=O) groups excluding carboxylic acids is 1. The lowest BCUT2D eigenvalue weighted by atomic mass is 10.3. The molecule has 0 spiro atoms. The summed E-state index contributed by atoms with van der Waals surface area (Å²) < 4.78 is 35.7. The Kier molecular flexibility index (Phi) is 5.12. The van der Waals surface area contributed by atoms with E-state index in [9.17, 15) is 22.8 Å². The zero-order valence-corrected chi connectivity index (χ0v) is 10.2. The predicted molar refractivity (Wildman–Crippen MR) is 59.5 cm³/mol. The molecule has 0 radical (unpaired) electrons. The van der Waals surface area contributed by atoms with E-state index in [4.69, 9.17) is 5.11 Å². The number of alkyl halides is 3. The molecule has 1 atom stereocenters. The van der Waals surface area contributed by atoms with E-state index in [-0.39, 0.29) is 12.3 Å². The van der Waals surface area contributed by atoms with Crippen LogP contribution in [0.4, 0.5) is 18.0 Å². The molecule has 2 N–H and O–H groups in total. The van der Waals surface area contributed by atoms with E-state index in [1.165, 1.54) is 11.8 Å². The van der Waals surface area contributed by atoms with Crippen molar-refractivity contribution in [3.05, 3.63) is 0 Å². The number of hydrogen-bond acceptors (Lipinski definition) is 3. The quantitative estimate of drug-likeness (QED) is 0.816. The number of urea groups is 1. The third-order valence-corrected chi connectivity index (χ3v) is 3.38. The average Bonchev–Trinajstić information content (AvgIpc) is 2.27. The van der Waals surface area contributed by atoms with E-state index in [1.807, 2.05) is 0 Å². The number of hydrogen-bond donors (Lipinski definition) is 2. The van der Waals surface area contributed by atoms with Crippen molar-refractivity contribution in [2.75, 3.05) is 24.6 Å². The molecule has 1 saturated heterocycles. The van der Waals surface area contributed by atoms with Crippen molar-refractivity contribution >= 4 is 23.8 Å². The van der Waals surface area contributed by atoms with Crippen molar-refractivity contribution < 1.29 is 27.9 Å². The lowest BCUT2D eigenvalue weighted by Gasteiger charge is -2.32. The summed E-state index contributed by atoms with van der Waals surface area (Å²) in [6.45, 7) is -0.322. The molecule has 1 unspecified atom stereocenters. The monoisotopic (exact) mass is 286 g/mol. The zero-order valence-electron chi connectivity index (χ0n) is 9.37. The number of thioether (sulfide) groups is 1. The molecule has 1 aliphatic heterocycles. The number of rotatable bonds is 3. The van der Waals surface area contributed by atoms with E-state index < -0.39 is 37.2 Å². The lowest BCUT2D eigenvalue weighted by molar-refractivity contribution is -0.141. The number of aliphatic carboxylic acids is 1. The van der Waals surface area contributed by atoms with E-state index in [2.05, 4.69) is 5.32 Å². The Morgan fingerprint density at radius 2 is 2.11 bits per heavy atom. The van der Waals surface area contributed by atoms with Crippen molar-refractivity contribution in [3.63, 3.8) is 0 Å². The maximum atomic E-state index is 11.9. The van der Waals surface area contributed by atoms with Crippen molar-refractivity contribution in [2.24, 2.45) is 0 Å². The Bertz CT molecular complexity index is 325. The van der Waals surface area contributed by atoms with Gasteiger partial charge < -0.3 is 15.3 Å². The normalized spacial score (nSPS) is 20.6. The molecule has 0 saturated carbocycles. The van der Waals surface area contributed by atoms with Crippen LogP contribution in [0.1, 0.15) is 6.42 Å². The van der Waals surface area contributed by atoms with Crippen LogP contribution in [-0.2, 0) is 4.79 Å². The summed E-state index contributed by atoms with van der Waals surface area (Å²) in [6, 6.07) is -1.73. The first-order chi connectivity index (χ1) is 8.31. The van der Waals surface area contributed by atoms with Crippen LogP contribution < -0.4 is 5.32 Å². The number of nitrogens with zero attached hydrogens (tertiary/aromatic N) is 1. The minimum Gasteiger partial charge on any atom is -0.480 e. The molecule has 0 aromatic carbocycles. The number of carboxylic acid groups (broad SMARTS) is 1. The second-order valence-electron chi connectivity index (χ2n) is 3.72. The van der Waals surface area contributed by atoms with Gasteiger partial charge in [-0.05, 0) is 0 Å². The van der Waals surface area contributed by atoms with Crippen LogP contribution in [0, 0.1) is 0 Å². The molecular weight excluding hydrogens is 273 g/mol. The number of carbonyl (C=O) groups is 2. The van der Waals surface area contributed by atoms with Crippen LogP contribution in [0.15, 0.2) is 0 Å². The highest BCUT2D eigenvalue weighted by Gasteiger charge is 2.33. The molecule has 5 nitrogen and oxygen atoms in total. The van der Waals surface area contributed by atoms with Gasteiger partial charge in [-0.15, -0.1) is 0 Å². The summed E-state index contributed by atoms with van der Waals surface area (Å²) >= 11 is 1.40. The van der Waals surface area contributed by atoms with Gasteiger partial charge in [0.2, 0.25) is 0 Å². The Labute approximate surface area is 106 Å². The molecule has 0 bridgehead atoms. The standard InChI is InChI=1S/C9H13F3N2O3S/c10-9(11,12)1-2-13-8(17)14-3-4-18-5-6(14)7(15)16/h6H,1-5H2,(H,13,17)(H,15,16). The molecule has 18 heavy (non-hydrogen) atoms. The molecule has 1 rings (SSSR count). The van der Waals surface area contributed by atoms with E-state index >= 15 is 0 Å². The number of amides is 2. The highest BCUT2D eigenvalue weighted by molar-refractivity contribution is 7.99. The Morgan fingerprint density at radius 3 is 2.67 bits per heavy atom. The average molecular weight is 286 g/mol. The smallest absolute Gasteiger partial charge is 0.390 e. The zero-order chi connectivity index (χ0) is 13.8. The van der Waals surface area contributed by atoms with Crippen LogP contribution in [-0.4, -0.2) is 58.8 Å². The van der Waals surface area contributed by atoms with Gasteiger partial charge >= 0.3 is 18.2 Å². The fourth-order valence-electron chi connectivity index (χ4n) is 1.46. The summed E-state index contributed by atoms with van der Waals surface area (Å²) in [5, 5.41) is 11.0.